The molecule has 1 aliphatic carbocycles. The maximum atomic E-state index is 12.5. The number of benzene rings is 1. The average Bonchev–Trinajstić information content (AvgIpc) is 3.07. The van der Waals surface area contributed by atoms with Gasteiger partial charge in [-0.1, -0.05) is 23.7 Å². The van der Waals surface area contributed by atoms with Crippen molar-refractivity contribution in [3.8, 4) is 0 Å². The summed E-state index contributed by atoms with van der Waals surface area (Å²) in [6.07, 6.45) is 2.93. The summed E-state index contributed by atoms with van der Waals surface area (Å²) in [6.45, 7) is 0. The van der Waals surface area contributed by atoms with Crippen molar-refractivity contribution in [2.24, 2.45) is 0 Å². The highest BCUT2D eigenvalue weighted by Gasteiger charge is 2.44. The van der Waals surface area contributed by atoms with E-state index in [9.17, 15) is 14.7 Å². The predicted octanol–water partition coefficient (Wildman–Crippen LogP) is 2.03. The Balaban J connectivity index is 1.80. The van der Waals surface area contributed by atoms with Crippen molar-refractivity contribution < 1.29 is 14.7 Å². The molecule has 1 aromatic carbocycles. The number of amides is 2. The summed E-state index contributed by atoms with van der Waals surface area (Å²) in [4.78, 5) is 26.2. The molecule has 1 aliphatic heterocycles. The molecular weight excluding hydrogens is 316 g/mol. The van der Waals surface area contributed by atoms with Crippen molar-refractivity contribution in [1.82, 2.24) is 10.2 Å². The zero-order valence-corrected chi connectivity index (χ0v) is 13.8. The fourth-order valence-corrected chi connectivity index (χ4v) is 3.73. The first-order valence-electron chi connectivity index (χ1n) is 7.95. The SMILES string of the molecule is CN1C(=O)CC(NC(=O)C2(O)CCCC2)C1c1ccc(Cl)cc1. The molecule has 1 saturated heterocycles. The van der Waals surface area contributed by atoms with Crippen LogP contribution in [0.5, 0.6) is 0 Å². The summed E-state index contributed by atoms with van der Waals surface area (Å²) in [7, 11) is 1.73. The summed E-state index contributed by atoms with van der Waals surface area (Å²) < 4.78 is 0. The quantitative estimate of drug-likeness (QED) is 0.887. The summed E-state index contributed by atoms with van der Waals surface area (Å²) in [6, 6.07) is 6.70. The fraction of sp³-hybridized carbons (Fsp3) is 0.529. The molecule has 1 aromatic rings. The molecule has 2 amide bonds. The van der Waals surface area contributed by atoms with Gasteiger partial charge in [-0.3, -0.25) is 9.59 Å². The van der Waals surface area contributed by atoms with Gasteiger partial charge in [0.05, 0.1) is 12.1 Å². The Hall–Kier alpha value is -1.59. The highest BCUT2D eigenvalue weighted by atomic mass is 35.5. The Bertz CT molecular complexity index is 611. The van der Waals surface area contributed by atoms with Gasteiger partial charge < -0.3 is 15.3 Å². The van der Waals surface area contributed by atoms with Crippen LogP contribution in [0.4, 0.5) is 0 Å². The van der Waals surface area contributed by atoms with E-state index in [0.29, 0.717) is 17.9 Å². The van der Waals surface area contributed by atoms with Gasteiger partial charge in [0.2, 0.25) is 5.91 Å². The first-order chi connectivity index (χ1) is 10.9. The minimum Gasteiger partial charge on any atom is -0.380 e. The van der Waals surface area contributed by atoms with Gasteiger partial charge in [-0.05, 0) is 43.4 Å². The van der Waals surface area contributed by atoms with Crippen LogP contribution >= 0.6 is 11.6 Å². The highest BCUT2D eigenvalue weighted by molar-refractivity contribution is 6.30. The second-order valence-electron chi connectivity index (χ2n) is 6.52. The van der Waals surface area contributed by atoms with Gasteiger partial charge in [0.1, 0.15) is 5.60 Å². The number of likely N-dealkylation sites (N-methyl/N-ethyl adjacent to an activating group) is 1. The molecule has 1 saturated carbocycles. The molecule has 0 radical (unpaired) electrons. The molecule has 2 atom stereocenters. The van der Waals surface area contributed by atoms with Crippen LogP contribution < -0.4 is 5.32 Å². The maximum Gasteiger partial charge on any atom is 0.252 e. The maximum absolute atomic E-state index is 12.5. The largest absolute Gasteiger partial charge is 0.380 e. The number of nitrogens with zero attached hydrogens (tertiary/aromatic N) is 1. The van der Waals surface area contributed by atoms with Crippen molar-refractivity contribution in [1.29, 1.82) is 0 Å². The van der Waals surface area contributed by atoms with E-state index in [1.54, 1.807) is 24.1 Å². The Morgan fingerprint density at radius 2 is 1.91 bits per heavy atom. The lowest BCUT2D eigenvalue weighted by Crippen LogP contribution is -2.50. The molecule has 1 heterocycles. The van der Waals surface area contributed by atoms with Gasteiger partial charge in [0, 0.05) is 18.5 Å². The Morgan fingerprint density at radius 1 is 1.30 bits per heavy atom. The van der Waals surface area contributed by atoms with Gasteiger partial charge in [-0.2, -0.15) is 0 Å². The second-order valence-corrected chi connectivity index (χ2v) is 6.96. The van der Waals surface area contributed by atoms with Crippen LogP contribution in [-0.4, -0.2) is 40.5 Å². The number of hydrogen-bond acceptors (Lipinski definition) is 3. The second kappa shape index (κ2) is 6.13. The Morgan fingerprint density at radius 3 is 2.52 bits per heavy atom. The number of halogens is 1. The van der Waals surface area contributed by atoms with E-state index in [-0.39, 0.29) is 30.3 Å². The summed E-state index contributed by atoms with van der Waals surface area (Å²) >= 11 is 5.93. The fourth-order valence-electron chi connectivity index (χ4n) is 3.60. The Labute approximate surface area is 140 Å². The van der Waals surface area contributed by atoms with E-state index in [2.05, 4.69) is 5.32 Å². The van der Waals surface area contributed by atoms with E-state index >= 15 is 0 Å². The number of rotatable bonds is 3. The molecule has 6 heteroatoms. The smallest absolute Gasteiger partial charge is 0.252 e. The van der Waals surface area contributed by atoms with Crippen molar-refractivity contribution in [3.63, 3.8) is 0 Å². The summed E-state index contributed by atoms with van der Waals surface area (Å²) in [5, 5.41) is 13.9. The van der Waals surface area contributed by atoms with Crippen LogP contribution in [0.15, 0.2) is 24.3 Å². The van der Waals surface area contributed by atoms with Crippen molar-refractivity contribution in [2.45, 2.75) is 49.8 Å². The standard InChI is InChI=1S/C17H21ClN2O3/c1-20-14(21)10-13(15(20)11-4-6-12(18)7-5-11)19-16(22)17(23)8-2-3-9-17/h4-7,13,15,23H,2-3,8-10H2,1H3,(H,19,22). The van der Waals surface area contributed by atoms with Crippen LogP contribution in [0.3, 0.4) is 0 Å². The third kappa shape index (κ3) is 3.08. The van der Waals surface area contributed by atoms with Crippen molar-refractivity contribution >= 4 is 23.4 Å². The van der Waals surface area contributed by atoms with Gasteiger partial charge in [0.15, 0.2) is 0 Å². The van der Waals surface area contributed by atoms with Gasteiger partial charge in [0.25, 0.3) is 5.91 Å². The van der Waals surface area contributed by atoms with E-state index in [1.807, 2.05) is 12.1 Å². The number of carbonyl (C=O) groups is 2. The summed E-state index contributed by atoms with van der Waals surface area (Å²) in [5.41, 5.74) is -0.360. The summed E-state index contributed by atoms with van der Waals surface area (Å²) in [5.74, 6) is -0.379. The number of nitrogens with one attached hydrogen (secondary N) is 1. The third-order valence-electron chi connectivity index (χ3n) is 4.97. The lowest BCUT2D eigenvalue weighted by molar-refractivity contribution is -0.140. The normalized spacial score (nSPS) is 26.6. The topological polar surface area (TPSA) is 69.6 Å². The van der Waals surface area contributed by atoms with Gasteiger partial charge in [-0.15, -0.1) is 0 Å². The van der Waals surface area contributed by atoms with Crippen LogP contribution in [-0.2, 0) is 9.59 Å². The third-order valence-corrected chi connectivity index (χ3v) is 5.22. The molecule has 0 bridgehead atoms. The molecule has 2 N–H and O–H groups in total. The number of hydrogen-bond donors (Lipinski definition) is 2. The van der Waals surface area contributed by atoms with Crippen molar-refractivity contribution in [3.05, 3.63) is 34.9 Å². The van der Waals surface area contributed by atoms with Crippen LogP contribution in [0, 0.1) is 0 Å². The Kier molecular flexibility index (Phi) is 4.34. The minimum atomic E-state index is -1.28. The first kappa shape index (κ1) is 16.3. The molecule has 0 aromatic heterocycles. The first-order valence-corrected chi connectivity index (χ1v) is 8.33. The van der Waals surface area contributed by atoms with Crippen LogP contribution in [0.1, 0.15) is 43.7 Å². The minimum absolute atomic E-state index is 0.0198. The molecule has 0 spiro atoms. The molecule has 5 nitrogen and oxygen atoms in total. The number of carbonyl (C=O) groups excluding carboxylic acids is 2. The van der Waals surface area contributed by atoms with E-state index in [1.165, 1.54) is 0 Å². The lowest BCUT2D eigenvalue weighted by Gasteiger charge is -2.29. The van der Waals surface area contributed by atoms with E-state index < -0.39 is 5.60 Å². The highest BCUT2D eigenvalue weighted by Crippen LogP contribution is 2.34. The molecule has 2 unspecified atom stereocenters. The molecular formula is C17H21ClN2O3. The van der Waals surface area contributed by atoms with Gasteiger partial charge in [-0.25, -0.2) is 0 Å². The van der Waals surface area contributed by atoms with E-state index in [4.69, 9.17) is 11.6 Å². The molecule has 2 aliphatic rings. The van der Waals surface area contributed by atoms with E-state index in [0.717, 1.165) is 18.4 Å². The number of likely N-dealkylation sites (tertiary alicyclic amines) is 1. The van der Waals surface area contributed by atoms with Crippen LogP contribution in [0.25, 0.3) is 0 Å². The molecule has 124 valence electrons. The molecule has 3 rings (SSSR count). The molecule has 23 heavy (non-hydrogen) atoms. The average molecular weight is 337 g/mol. The molecule has 2 fully saturated rings. The van der Waals surface area contributed by atoms with Crippen molar-refractivity contribution in [2.75, 3.05) is 7.05 Å². The predicted molar refractivity (Wildman–Crippen MR) is 86.9 cm³/mol. The lowest BCUT2D eigenvalue weighted by atomic mass is 9.97. The van der Waals surface area contributed by atoms with Crippen LogP contribution in [0.2, 0.25) is 5.02 Å². The monoisotopic (exact) mass is 336 g/mol. The van der Waals surface area contributed by atoms with Gasteiger partial charge >= 0.3 is 0 Å². The zero-order chi connectivity index (χ0) is 16.6. The number of aliphatic hydroxyl groups is 1. The zero-order valence-electron chi connectivity index (χ0n) is 13.1.